The van der Waals surface area contributed by atoms with E-state index in [4.69, 9.17) is 17.0 Å². The molecule has 160 valence electrons. The third-order valence-electron chi connectivity index (χ3n) is 4.43. The molecule has 0 bridgehead atoms. The molecule has 0 aliphatic heterocycles. The van der Waals surface area contributed by atoms with E-state index in [-0.39, 0.29) is 5.43 Å². The van der Waals surface area contributed by atoms with Crippen LogP contribution < -0.4 is 0 Å². The Kier molecular flexibility index (Phi) is 11.0. The molecule has 2 heterocycles. The van der Waals surface area contributed by atoms with Gasteiger partial charge in [-0.25, -0.2) is 12.1 Å². The van der Waals surface area contributed by atoms with Crippen LogP contribution in [0.15, 0.2) is 59.3 Å². The van der Waals surface area contributed by atoms with Crippen LogP contribution in [0.4, 0.5) is 0 Å². The molecule has 0 unspecified atom stereocenters. The predicted molar refractivity (Wildman–Crippen MR) is 139 cm³/mol. The molecule has 0 nitrogen and oxygen atoms in total. The molecule has 0 amide bonds. The van der Waals surface area contributed by atoms with E-state index in [9.17, 15) is 0 Å². The molecular formula is C24H28Cl2S2SiZr-2. The molecule has 2 aromatic heterocycles. The average molecular weight is 571 g/mol. The summed E-state index contributed by atoms with van der Waals surface area (Å²) in [7, 11) is 11.2. The van der Waals surface area contributed by atoms with E-state index < -0.39 is 18.0 Å². The first kappa shape index (κ1) is 26.0. The third kappa shape index (κ3) is 8.04. The molecule has 30 heavy (non-hydrogen) atoms. The third-order valence-corrected chi connectivity index (χ3v) is 26.0. The predicted octanol–water partition coefficient (Wildman–Crippen LogP) is 9.66. The summed E-state index contributed by atoms with van der Waals surface area (Å²) in [6, 6.07) is 17.5. The van der Waals surface area contributed by atoms with Crippen molar-refractivity contribution in [3.05, 3.63) is 81.5 Å². The van der Waals surface area contributed by atoms with E-state index in [1.165, 1.54) is 43.1 Å². The summed E-state index contributed by atoms with van der Waals surface area (Å²) < 4.78 is 0. The van der Waals surface area contributed by atoms with Crippen molar-refractivity contribution in [3.63, 3.8) is 0 Å². The summed E-state index contributed by atoms with van der Waals surface area (Å²) in [5.41, 5.74) is 8.04. The molecular weight excluding hydrogens is 543 g/mol. The largest absolute Gasteiger partial charge is 0.202 e. The molecule has 0 N–H and O–H groups in total. The summed E-state index contributed by atoms with van der Waals surface area (Å²) in [6.45, 7) is 13.0. The maximum Gasteiger partial charge on any atom is -0.00985 e. The minimum Gasteiger partial charge on any atom is -0.202 e. The number of hydrogen-bond donors (Lipinski definition) is 0. The van der Waals surface area contributed by atoms with Crippen molar-refractivity contribution in [2.24, 2.45) is 0 Å². The van der Waals surface area contributed by atoms with Crippen molar-refractivity contribution in [3.8, 4) is 20.9 Å². The van der Waals surface area contributed by atoms with Crippen molar-refractivity contribution in [1.29, 1.82) is 0 Å². The van der Waals surface area contributed by atoms with Crippen LogP contribution in [0.3, 0.4) is 0 Å². The fourth-order valence-electron chi connectivity index (χ4n) is 3.00. The smallest absolute Gasteiger partial charge is 0.00985 e. The zero-order valence-corrected chi connectivity index (χ0v) is 24.9. The molecule has 0 radical (unpaired) electrons. The number of rotatable bonds is 2. The molecule has 6 heteroatoms. The Bertz CT molecular complexity index is 977. The molecule has 0 saturated heterocycles. The summed E-state index contributed by atoms with van der Waals surface area (Å²) in [6.07, 6.45) is 0. The summed E-state index contributed by atoms with van der Waals surface area (Å²) in [4.78, 5) is 2.75. The first-order valence-electron chi connectivity index (χ1n) is 9.73. The van der Waals surface area contributed by atoms with Gasteiger partial charge in [-0.3, -0.25) is 0 Å². The Labute approximate surface area is 204 Å². The van der Waals surface area contributed by atoms with E-state index in [1.54, 1.807) is 22.7 Å². The number of aryl methyl sites for hydroxylation is 4. The Morgan fingerprint density at radius 1 is 0.767 bits per heavy atom. The standard InChI is InChI=1S/2C11H11S.C2H6Si.2ClH.Zr/c2*1-8-6-9(2)10(7-8)11-4-3-5-12-11;1-3-2;;;/h2*3-7H,1-2H3;1-2H3;2*1H;/q2*-1;;;;+2/p-2. The monoisotopic (exact) mass is 568 g/mol. The summed E-state index contributed by atoms with van der Waals surface area (Å²) >= 11 is 1.95. The van der Waals surface area contributed by atoms with Gasteiger partial charge in [-0.1, -0.05) is 52.0 Å². The van der Waals surface area contributed by atoms with E-state index in [0.717, 1.165) is 0 Å². The second kappa shape index (κ2) is 12.7. The molecule has 0 spiro atoms. The SMILES string of the molecule is C[Si](C)=[Zr]([Cl])[Cl].Cc1cc(-c2cccs2)c(C)[cH-]1.Cc1cc(-c2cccs2)c(C)[cH-]1. The Morgan fingerprint density at radius 3 is 1.33 bits per heavy atom. The summed E-state index contributed by atoms with van der Waals surface area (Å²) in [5, 5.41) is 4.24. The van der Waals surface area contributed by atoms with E-state index >= 15 is 0 Å². The van der Waals surface area contributed by atoms with E-state index in [0.29, 0.717) is 0 Å². The minimum absolute atomic E-state index is 0.224. The molecule has 4 aromatic rings. The Hall–Kier alpha value is -0.220. The van der Waals surface area contributed by atoms with Crippen molar-refractivity contribution in [2.75, 3.05) is 0 Å². The quantitative estimate of drug-likeness (QED) is 0.166. The van der Waals surface area contributed by atoms with Crippen molar-refractivity contribution < 1.29 is 18.0 Å². The number of thiophene rings is 2. The van der Waals surface area contributed by atoms with Gasteiger partial charge >= 0.3 is 53.5 Å². The van der Waals surface area contributed by atoms with Gasteiger partial charge in [0.15, 0.2) is 0 Å². The molecule has 0 aliphatic carbocycles. The van der Waals surface area contributed by atoms with Crippen LogP contribution in [0, 0.1) is 27.7 Å². The topological polar surface area (TPSA) is 0 Å². The van der Waals surface area contributed by atoms with Crippen LogP contribution in [-0.4, -0.2) is 5.43 Å². The van der Waals surface area contributed by atoms with Gasteiger partial charge in [-0.15, -0.1) is 0 Å². The second-order valence-corrected chi connectivity index (χ2v) is 32.3. The second-order valence-electron chi connectivity index (χ2n) is 7.47. The molecule has 4 rings (SSSR count). The molecule has 0 fully saturated rings. The van der Waals surface area contributed by atoms with Crippen molar-refractivity contribution in [2.45, 2.75) is 40.8 Å². The number of halogens is 2. The van der Waals surface area contributed by atoms with E-state index in [1.807, 2.05) is 0 Å². The first-order valence-corrected chi connectivity index (χ1v) is 24.0. The van der Waals surface area contributed by atoms with Crippen LogP contribution in [0.2, 0.25) is 13.1 Å². The van der Waals surface area contributed by atoms with Crippen LogP contribution >= 0.6 is 39.7 Å². The van der Waals surface area contributed by atoms with Crippen LogP contribution in [0.25, 0.3) is 20.9 Å². The zero-order valence-electron chi connectivity index (χ0n) is 18.3. The molecule has 0 atom stereocenters. The van der Waals surface area contributed by atoms with Gasteiger partial charge in [0.2, 0.25) is 0 Å². The number of hydrogen-bond acceptors (Lipinski definition) is 2. The summed E-state index contributed by atoms with van der Waals surface area (Å²) in [5.74, 6) is 0. The maximum absolute atomic E-state index is 5.62. The van der Waals surface area contributed by atoms with Crippen LogP contribution in [-0.2, 0) is 18.0 Å². The Balaban J connectivity index is 0.000000171. The zero-order chi connectivity index (χ0) is 22.3. The minimum atomic E-state index is -1.65. The first-order chi connectivity index (χ1) is 14.2. The van der Waals surface area contributed by atoms with Crippen LogP contribution in [0.1, 0.15) is 22.3 Å². The maximum atomic E-state index is 5.62. The van der Waals surface area contributed by atoms with Gasteiger partial charge in [0, 0.05) is 0 Å². The van der Waals surface area contributed by atoms with Gasteiger partial charge in [0.05, 0.1) is 0 Å². The fourth-order valence-corrected chi connectivity index (χ4v) is 4.61. The fraction of sp³-hybridized carbons (Fsp3) is 0.250. The van der Waals surface area contributed by atoms with Gasteiger partial charge in [0.25, 0.3) is 0 Å². The van der Waals surface area contributed by atoms with Gasteiger partial charge in [0.1, 0.15) is 0 Å². The van der Waals surface area contributed by atoms with E-state index in [2.05, 4.69) is 100 Å². The normalized spacial score (nSPS) is 10.0. The van der Waals surface area contributed by atoms with Crippen LogP contribution in [0.5, 0.6) is 0 Å². The van der Waals surface area contributed by atoms with Crippen molar-refractivity contribution >= 4 is 45.1 Å². The van der Waals surface area contributed by atoms with Gasteiger partial charge < -0.3 is 0 Å². The molecule has 2 aromatic carbocycles. The molecule has 0 saturated carbocycles. The molecule has 0 aliphatic rings. The average Bonchev–Trinajstić information content (AvgIpc) is 3.45. The van der Waals surface area contributed by atoms with Gasteiger partial charge in [-0.05, 0) is 20.5 Å². The Morgan fingerprint density at radius 2 is 1.13 bits per heavy atom. The van der Waals surface area contributed by atoms with Gasteiger partial charge in [-0.2, -0.15) is 68.2 Å². The van der Waals surface area contributed by atoms with Crippen molar-refractivity contribution in [1.82, 2.24) is 0 Å².